The lowest BCUT2D eigenvalue weighted by Gasteiger charge is -2.26. The number of amides is 1. The third-order valence-corrected chi connectivity index (χ3v) is 7.03. The summed E-state index contributed by atoms with van der Waals surface area (Å²) in [6, 6.07) is 12.2. The molecule has 1 unspecified atom stereocenters. The average molecular weight is 544 g/mol. The molecule has 4 rings (SSSR count). The van der Waals surface area contributed by atoms with Crippen molar-refractivity contribution >= 4 is 23.0 Å². The number of cyclic esters (lactones) is 1. The smallest absolute Gasteiger partial charge is 0.308 e. The number of ether oxygens (including phenoxy) is 1. The Morgan fingerprint density at radius 1 is 1.21 bits per heavy atom. The molecule has 0 aliphatic carbocycles. The van der Waals surface area contributed by atoms with Gasteiger partial charge < -0.3 is 24.3 Å². The molecule has 2 heterocycles. The average Bonchev–Trinajstić information content (AvgIpc) is 3.26. The Balaban J connectivity index is 1.63. The zero-order valence-corrected chi connectivity index (χ0v) is 21.9. The summed E-state index contributed by atoms with van der Waals surface area (Å²) < 4.78 is 41.3. The molecule has 3 N–H and O–H groups in total. The molecule has 0 spiro atoms. The summed E-state index contributed by atoms with van der Waals surface area (Å²) in [7, 11) is 0. The van der Waals surface area contributed by atoms with Gasteiger partial charge in [0.2, 0.25) is 0 Å². The van der Waals surface area contributed by atoms with Crippen molar-refractivity contribution in [3.05, 3.63) is 71.3 Å². The molecule has 0 bridgehead atoms. The highest BCUT2D eigenvalue weighted by Gasteiger charge is 2.29. The van der Waals surface area contributed by atoms with Crippen LogP contribution in [0.4, 0.5) is 4.39 Å². The van der Waals surface area contributed by atoms with Gasteiger partial charge in [0, 0.05) is 31.5 Å². The topological polar surface area (TPSA) is 131 Å². The molecule has 1 amide bonds. The van der Waals surface area contributed by atoms with Crippen LogP contribution in [0.5, 0.6) is 0 Å². The van der Waals surface area contributed by atoms with Crippen molar-refractivity contribution in [3.8, 4) is 11.4 Å². The van der Waals surface area contributed by atoms with E-state index in [1.54, 1.807) is 24.3 Å². The molecule has 1 aliphatic heterocycles. The standard InChI is InChI=1S/C27H30FN3O6S/c1-16(2)25-24(27(34)29-15-17-3-9-22(10-4-17)38(35)36)30-26(18-5-7-19(28)8-6-18)31(25)12-11-21-13-20(32)14-23(33)37-21/h3-10,16,20-21,32H,11-15H2,1-2H3,(H,29,34)(H,35,36)/t20-,21-/m1/s1. The quantitative estimate of drug-likeness (QED) is 0.277. The summed E-state index contributed by atoms with van der Waals surface area (Å²) in [6.07, 6.45) is -0.502. The first-order valence-electron chi connectivity index (χ1n) is 12.3. The van der Waals surface area contributed by atoms with E-state index >= 15 is 0 Å². The molecule has 1 fully saturated rings. The van der Waals surface area contributed by atoms with E-state index < -0.39 is 41.0 Å². The fraction of sp³-hybridized carbons (Fsp3) is 0.370. The number of hydrogen-bond acceptors (Lipinski definition) is 6. The molecular weight excluding hydrogens is 513 g/mol. The van der Waals surface area contributed by atoms with Crippen molar-refractivity contribution in [2.75, 3.05) is 0 Å². The molecule has 0 radical (unpaired) electrons. The number of aliphatic hydroxyl groups is 1. The van der Waals surface area contributed by atoms with Crippen LogP contribution in [0.15, 0.2) is 53.4 Å². The molecule has 11 heteroatoms. The van der Waals surface area contributed by atoms with Crippen molar-refractivity contribution in [2.24, 2.45) is 0 Å². The van der Waals surface area contributed by atoms with Crippen molar-refractivity contribution in [2.45, 2.75) is 69.2 Å². The van der Waals surface area contributed by atoms with E-state index in [4.69, 9.17) is 4.74 Å². The van der Waals surface area contributed by atoms with Gasteiger partial charge >= 0.3 is 5.97 Å². The number of hydrogen-bond donors (Lipinski definition) is 3. The zero-order chi connectivity index (χ0) is 27.4. The van der Waals surface area contributed by atoms with Gasteiger partial charge in [-0.05, 0) is 47.9 Å². The summed E-state index contributed by atoms with van der Waals surface area (Å²) in [5.41, 5.74) is 2.28. The number of nitrogens with one attached hydrogen (secondary N) is 1. The predicted molar refractivity (Wildman–Crippen MR) is 138 cm³/mol. The first kappa shape index (κ1) is 27.6. The van der Waals surface area contributed by atoms with E-state index in [9.17, 15) is 27.8 Å². The lowest BCUT2D eigenvalue weighted by molar-refractivity contribution is -0.160. The van der Waals surface area contributed by atoms with E-state index in [-0.39, 0.29) is 29.5 Å². The molecule has 38 heavy (non-hydrogen) atoms. The van der Waals surface area contributed by atoms with Gasteiger partial charge in [0.15, 0.2) is 11.1 Å². The second-order valence-electron chi connectivity index (χ2n) is 9.55. The van der Waals surface area contributed by atoms with Crippen molar-refractivity contribution in [1.82, 2.24) is 14.9 Å². The third-order valence-electron chi connectivity index (χ3n) is 6.36. The van der Waals surface area contributed by atoms with Gasteiger partial charge in [0.05, 0.1) is 23.1 Å². The first-order valence-corrected chi connectivity index (χ1v) is 13.4. The SMILES string of the molecule is CC(C)c1c(C(=O)NCc2ccc(S(=O)O)cc2)nc(-c2ccc(F)cc2)n1CC[C@@H]1C[C@@H](O)CC(=O)O1. The Morgan fingerprint density at radius 2 is 1.89 bits per heavy atom. The maximum Gasteiger partial charge on any atom is 0.308 e. The van der Waals surface area contributed by atoms with E-state index in [2.05, 4.69) is 10.3 Å². The number of rotatable bonds is 9. The van der Waals surface area contributed by atoms with E-state index in [0.717, 1.165) is 5.56 Å². The van der Waals surface area contributed by atoms with Crippen LogP contribution < -0.4 is 5.32 Å². The van der Waals surface area contributed by atoms with Crippen molar-refractivity contribution in [3.63, 3.8) is 0 Å². The van der Waals surface area contributed by atoms with Crippen LogP contribution in [-0.4, -0.2) is 47.5 Å². The van der Waals surface area contributed by atoms with Gasteiger partial charge in [0.25, 0.3) is 5.91 Å². The van der Waals surface area contributed by atoms with Gasteiger partial charge in [-0.3, -0.25) is 9.59 Å². The number of esters is 1. The number of imidazole rings is 1. The molecule has 1 saturated heterocycles. The Kier molecular flexibility index (Phi) is 8.70. The number of carbonyl (C=O) groups excluding carboxylic acids is 2. The summed E-state index contributed by atoms with van der Waals surface area (Å²) in [4.78, 5) is 30.1. The van der Waals surface area contributed by atoms with Crippen LogP contribution in [0.3, 0.4) is 0 Å². The molecule has 0 saturated carbocycles. The molecular formula is C27H30FN3O6S. The highest BCUT2D eigenvalue weighted by Crippen LogP contribution is 2.30. The minimum Gasteiger partial charge on any atom is -0.462 e. The third kappa shape index (κ3) is 6.53. The number of halogens is 1. The second-order valence-corrected chi connectivity index (χ2v) is 10.5. The fourth-order valence-corrected chi connectivity index (χ4v) is 4.93. The van der Waals surface area contributed by atoms with E-state index in [0.29, 0.717) is 36.5 Å². The summed E-state index contributed by atoms with van der Waals surface area (Å²) in [5.74, 6) is -0.856. The Labute approximate surface area is 222 Å². The van der Waals surface area contributed by atoms with Gasteiger partial charge in [-0.1, -0.05) is 26.0 Å². The van der Waals surface area contributed by atoms with Gasteiger partial charge in [-0.25, -0.2) is 13.6 Å². The lowest BCUT2D eigenvalue weighted by Crippen LogP contribution is -2.33. The van der Waals surface area contributed by atoms with Crippen LogP contribution in [0, 0.1) is 5.82 Å². The van der Waals surface area contributed by atoms with Crippen molar-refractivity contribution < 1.29 is 32.6 Å². The Bertz CT molecular complexity index is 1320. The van der Waals surface area contributed by atoms with Gasteiger partial charge in [-0.2, -0.15) is 0 Å². The number of aliphatic hydroxyl groups excluding tert-OH is 1. The van der Waals surface area contributed by atoms with Crippen LogP contribution in [0.25, 0.3) is 11.4 Å². The number of benzene rings is 2. The minimum atomic E-state index is -2.08. The summed E-state index contributed by atoms with van der Waals surface area (Å²) >= 11 is -2.08. The maximum atomic E-state index is 13.6. The molecule has 1 aromatic heterocycles. The predicted octanol–water partition coefficient (Wildman–Crippen LogP) is 3.78. The maximum absolute atomic E-state index is 13.6. The molecule has 2 aromatic carbocycles. The summed E-state index contributed by atoms with van der Waals surface area (Å²) in [5, 5.41) is 12.8. The summed E-state index contributed by atoms with van der Waals surface area (Å²) in [6.45, 7) is 4.43. The number of carbonyl (C=O) groups is 2. The van der Waals surface area contributed by atoms with E-state index in [1.807, 2.05) is 18.4 Å². The molecule has 202 valence electrons. The van der Waals surface area contributed by atoms with Crippen LogP contribution in [-0.2, 0) is 33.7 Å². The molecule has 9 nitrogen and oxygen atoms in total. The monoisotopic (exact) mass is 543 g/mol. The molecule has 1 aliphatic rings. The Morgan fingerprint density at radius 3 is 2.50 bits per heavy atom. The second kappa shape index (κ2) is 12.0. The number of aromatic nitrogens is 2. The highest BCUT2D eigenvalue weighted by atomic mass is 32.2. The zero-order valence-electron chi connectivity index (χ0n) is 21.1. The van der Waals surface area contributed by atoms with E-state index in [1.165, 1.54) is 24.3 Å². The van der Waals surface area contributed by atoms with Gasteiger partial charge in [0.1, 0.15) is 23.4 Å². The van der Waals surface area contributed by atoms with Crippen LogP contribution in [0.2, 0.25) is 0 Å². The lowest BCUT2D eigenvalue weighted by atomic mass is 10.0. The first-order chi connectivity index (χ1) is 18.1. The number of nitrogens with zero attached hydrogens (tertiary/aromatic N) is 2. The highest BCUT2D eigenvalue weighted by molar-refractivity contribution is 7.79. The Hall–Kier alpha value is -3.41. The van der Waals surface area contributed by atoms with Crippen molar-refractivity contribution in [1.29, 1.82) is 0 Å². The normalized spacial score (nSPS) is 18.3. The molecule has 3 aromatic rings. The van der Waals surface area contributed by atoms with Crippen LogP contribution in [0.1, 0.15) is 60.8 Å². The largest absolute Gasteiger partial charge is 0.462 e. The molecule has 3 atom stereocenters. The minimum absolute atomic E-state index is 0.0233. The fourth-order valence-electron chi connectivity index (χ4n) is 4.56. The van der Waals surface area contributed by atoms with Gasteiger partial charge in [-0.15, -0.1) is 0 Å². The van der Waals surface area contributed by atoms with Crippen LogP contribution >= 0.6 is 0 Å².